The second-order valence-electron chi connectivity index (χ2n) is 6.21. The van der Waals surface area contributed by atoms with E-state index >= 15 is 0 Å². The van der Waals surface area contributed by atoms with E-state index in [0.717, 1.165) is 5.56 Å². The van der Waals surface area contributed by atoms with Crippen molar-refractivity contribution in [1.82, 2.24) is 10.2 Å². The van der Waals surface area contributed by atoms with Crippen LogP contribution in [0.1, 0.15) is 12.5 Å². The molecule has 28 heavy (non-hydrogen) atoms. The Balaban J connectivity index is 2.08. The zero-order valence-electron chi connectivity index (χ0n) is 16.1. The van der Waals surface area contributed by atoms with Crippen molar-refractivity contribution in [2.45, 2.75) is 19.5 Å². The third-order valence-corrected chi connectivity index (χ3v) is 4.40. The van der Waals surface area contributed by atoms with Crippen LogP contribution in [0.15, 0.2) is 54.6 Å². The number of hydrogen-bond acceptors (Lipinski definition) is 4. The van der Waals surface area contributed by atoms with Crippen molar-refractivity contribution in [3.05, 3.63) is 65.2 Å². The van der Waals surface area contributed by atoms with Gasteiger partial charge in [-0.25, -0.2) is 0 Å². The lowest BCUT2D eigenvalue weighted by Gasteiger charge is -2.28. The Hall–Kier alpha value is -2.57. The second kappa shape index (κ2) is 11.3. The van der Waals surface area contributed by atoms with E-state index in [0.29, 0.717) is 23.9 Å². The van der Waals surface area contributed by atoms with E-state index < -0.39 is 6.04 Å². The predicted octanol–water partition coefficient (Wildman–Crippen LogP) is 2.90. The van der Waals surface area contributed by atoms with Crippen LogP contribution < -0.4 is 10.1 Å². The van der Waals surface area contributed by atoms with Gasteiger partial charge in [-0.1, -0.05) is 41.9 Å². The van der Waals surface area contributed by atoms with Gasteiger partial charge in [0.1, 0.15) is 11.8 Å². The maximum atomic E-state index is 12.8. The molecule has 2 rings (SSSR count). The number of amides is 2. The summed E-state index contributed by atoms with van der Waals surface area (Å²) < 4.78 is 10.5. The smallest absolute Gasteiger partial charge is 0.261 e. The topological polar surface area (TPSA) is 67.9 Å². The van der Waals surface area contributed by atoms with Crippen molar-refractivity contribution in [3.8, 4) is 5.75 Å². The Labute approximate surface area is 170 Å². The average molecular weight is 405 g/mol. The monoisotopic (exact) mass is 404 g/mol. The fourth-order valence-electron chi connectivity index (χ4n) is 2.54. The summed E-state index contributed by atoms with van der Waals surface area (Å²) in [6.07, 6.45) is 0. The Kier molecular flexibility index (Phi) is 8.78. The quantitative estimate of drug-likeness (QED) is 0.618. The first-order chi connectivity index (χ1) is 13.5. The number of para-hydroxylation sites is 1. The molecule has 1 N–H and O–H groups in total. The number of nitrogens with zero attached hydrogens (tertiary/aromatic N) is 1. The van der Waals surface area contributed by atoms with Gasteiger partial charge in [0.25, 0.3) is 5.91 Å². The van der Waals surface area contributed by atoms with Crippen molar-refractivity contribution in [1.29, 1.82) is 0 Å². The molecular weight excluding hydrogens is 380 g/mol. The van der Waals surface area contributed by atoms with E-state index in [9.17, 15) is 9.59 Å². The number of methoxy groups -OCH3 is 1. The zero-order valence-corrected chi connectivity index (χ0v) is 16.8. The molecule has 0 saturated carbocycles. The molecule has 0 fully saturated rings. The van der Waals surface area contributed by atoms with Gasteiger partial charge in [-0.3, -0.25) is 9.59 Å². The molecule has 0 aliphatic rings. The third kappa shape index (κ3) is 6.87. The van der Waals surface area contributed by atoms with Crippen molar-refractivity contribution < 1.29 is 19.1 Å². The van der Waals surface area contributed by atoms with Crippen LogP contribution in [0, 0.1) is 0 Å². The summed E-state index contributed by atoms with van der Waals surface area (Å²) in [7, 11) is 1.56. The van der Waals surface area contributed by atoms with Gasteiger partial charge >= 0.3 is 0 Å². The molecule has 0 aliphatic heterocycles. The normalized spacial score (nSPS) is 11.5. The maximum absolute atomic E-state index is 12.8. The number of nitrogens with one attached hydrogen (secondary N) is 1. The van der Waals surface area contributed by atoms with Gasteiger partial charge in [-0.2, -0.15) is 0 Å². The van der Waals surface area contributed by atoms with Crippen molar-refractivity contribution >= 4 is 23.4 Å². The molecular formula is C21H25ClN2O4. The minimum Gasteiger partial charge on any atom is -0.484 e. The molecule has 0 radical (unpaired) electrons. The minimum atomic E-state index is -0.667. The first kappa shape index (κ1) is 21.7. The minimum absolute atomic E-state index is 0.159. The fourth-order valence-corrected chi connectivity index (χ4v) is 2.66. The maximum Gasteiger partial charge on any atom is 0.261 e. The first-order valence-corrected chi connectivity index (χ1v) is 9.37. The standard InChI is InChI=1S/C21H25ClN2O4/c1-16(21(26)23-12-13-27-2)24(14-17-8-10-18(22)11-9-17)20(25)15-28-19-6-4-3-5-7-19/h3-11,16H,12-15H2,1-2H3,(H,23,26)/t16-/m0/s1. The van der Waals surface area contributed by atoms with Gasteiger partial charge in [0.2, 0.25) is 5.91 Å². The number of hydrogen-bond donors (Lipinski definition) is 1. The van der Waals surface area contributed by atoms with Crippen LogP contribution in [-0.4, -0.2) is 49.6 Å². The van der Waals surface area contributed by atoms with Crippen molar-refractivity contribution in [2.24, 2.45) is 0 Å². The molecule has 0 unspecified atom stereocenters. The highest BCUT2D eigenvalue weighted by molar-refractivity contribution is 6.30. The van der Waals surface area contributed by atoms with Crippen molar-refractivity contribution in [3.63, 3.8) is 0 Å². The van der Waals surface area contributed by atoms with Crippen LogP contribution in [0.3, 0.4) is 0 Å². The number of ether oxygens (including phenoxy) is 2. The summed E-state index contributed by atoms with van der Waals surface area (Å²) >= 11 is 5.94. The Morgan fingerprint density at radius 2 is 1.79 bits per heavy atom. The van der Waals surface area contributed by atoms with Crippen LogP contribution in [0.4, 0.5) is 0 Å². The van der Waals surface area contributed by atoms with Gasteiger partial charge in [-0.05, 0) is 36.8 Å². The molecule has 0 saturated heterocycles. The Morgan fingerprint density at radius 3 is 2.43 bits per heavy atom. The van der Waals surface area contributed by atoms with E-state index in [1.165, 1.54) is 4.90 Å². The van der Waals surface area contributed by atoms with Gasteiger partial charge < -0.3 is 19.7 Å². The van der Waals surface area contributed by atoms with Crippen molar-refractivity contribution in [2.75, 3.05) is 26.9 Å². The first-order valence-electron chi connectivity index (χ1n) is 8.99. The number of rotatable bonds is 10. The highest BCUT2D eigenvalue weighted by Gasteiger charge is 2.26. The molecule has 2 amide bonds. The average Bonchev–Trinajstić information content (AvgIpc) is 2.72. The Morgan fingerprint density at radius 1 is 1.11 bits per heavy atom. The van der Waals surface area contributed by atoms with E-state index in [2.05, 4.69) is 5.32 Å². The summed E-state index contributed by atoms with van der Waals surface area (Å²) in [5.74, 6) is 0.0618. The highest BCUT2D eigenvalue weighted by Crippen LogP contribution is 2.15. The molecule has 0 aliphatic carbocycles. The largest absolute Gasteiger partial charge is 0.484 e. The molecule has 1 atom stereocenters. The van der Waals surface area contributed by atoms with Crippen LogP contribution in [-0.2, 0) is 20.9 Å². The zero-order chi connectivity index (χ0) is 20.4. The highest BCUT2D eigenvalue weighted by atomic mass is 35.5. The molecule has 6 nitrogen and oxygen atoms in total. The van der Waals surface area contributed by atoms with Crippen LogP contribution >= 0.6 is 11.6 Å². The molecule has 2 aromatic carbocycles. The van der Waals surface area contributed by atoms with Crippen LogP contribution in [0.2, 0.25) is 5.02 Å². The second-order valence-corrected chi connectivity index (χ2v) is 6.65. The number of carbonyl (C=O) groups is 2. The molecule has 150 valence electrons. The van der Waals surface area contributed by atoms with E-state index in [-0.39, 0.29) is 25.0 Å². The molecule has 2 aromatic rings. The fraction of sp³-hybridized carbons (Fsp3) is 0.333. The molecule has 0 bridgehead atoms. The molecule has 0 spiro atoms. The van der Waals surface area contributed by atoms with Gasteiger partial charge in [0.05, 0.1) is 6.61 Å². The van der Waals surface area contributed by atoms with Gasteiger partial charge in [0, 0.05) is 25.2 Å². The lowest BCUT2D eigenvalue weighted by Crippen LogP contribution is -2.49. The number of halogens is 1. The Bertz CT molecular complexity index is 753. The van der Waals surface area contributed by atoms with E-state index in [1.807, 2.05) is 30.3 Å². The number of benzene rings is 2. The number of carbonyl (C=O) groups excluding carboxylic acids is 2. The van der Waals surface area contributed by atoms with Gasteiger partial charge in [-0.15, -0.1) is 0 Å². The van der Waals surface area contributed by atoms with E-state index in [4.69, 9.17) is 21.1 Å². The molecule has 7 heteroatoms. The summed E-state index contributed by atoms with van der Waals surface area (Å²) in [6, 6.07) is 15.6. The summed E-state index contributed by atoms with van der Waals surface area (Å²) in [6.45, 7) is 2.59. The summed E-state index contributed by atoms with van der Waals surface area (Å²) in [5, 5.41) is 3.38. The summed E-state index contributed by atoms with van der Waals surface area (Å²) in [5.41, 5.74) is 0.869. The SMILES string of the molecule is COCCNC(=O)[C@H](C)N(Cc1ccc(Cl)cc1)C(=O)COc1ccccc1. The van der Waals surface area contributed by atoms with Gasteiger partial charge in [0.15, 0.2) is 6.61 Å². The third-order valence-electron chi connectivity index (χ3n) is 4.14. The lowest BCUT2D eigenvalue weighted by atomic mass is 10.1. The lowest BCUT2D eigenvalue weighted by molar-refractivity contribution is -0.142. The molecule has 0 heterocycles. The molecule has 0 aromatic heterocycles. The van der Waals surface area contributed by atoms with Crippen LogP contribution in [0.5, 0.6) is 5.75 Å². The van der Waals surface area contributed by atoms with Crippen LogP contribution in [0.25, 0.3) is 0 Å². The summed E-state index contributed by atoms with van der Waals surface area (Å²) in [4.78, 5) is 26.8. The van der Waals surface area contributed by atoms with E-state index in [1.54, 1.807) is 38.3 Å². The predicted molar refractivity (Wildman–Crippen MR) is 108 cm³/mol.